The van der Waals surface area contributed by atoms with Gasteiger partial charge >= 0.3 is 0 Å². The molecule has 1 heterocycles. The Hall–Kier alpha value is -1.19. The van der Waals surface area contributed by atoms with Crippen LogP contribution in [0.4, 0.5) is 0 Å². The lowest BCUT2D eigenvalue weighted by Gasteiger charge is -1.96. The molecule has 1 aromatic heterocycles. The van der Waals surface area contributed by atoms with Crippen molar-refractivity contribution >= 4 is 11.3 Å². The second kappa shape index (κ2) is 5.23. The highest BCUT2D eigenvalue weighted by molar-refractivity contribution is 7.11. The molecule has 0 amide bonds. The molecule has 84 valence electrons. The van der Waals surface area contributed by atoms with Gasteiger partial charge in [-0.15, -0.1) is 11.3 Å². The average molecular weight is 232 g/mol. The van der Waals surface area contributed by atoms with Crippen molar-refractivity contribution < 1.29 is 0 Å². The molecule has 16 heavy (non-hydrogen) atoms. The van der Waals surface area contributed by atoms with E-state index in [0.717, 1.165) is 18.7 Å². The summed E-state index contributed by atoms with van der Waals surface area (Å²) in [4.78, 5) is 5.94. The van der Waals surface area contributed by atoms with Crippen molar-refractivity contribution in [2.75, 3.05) is 7.05 Å². The van der Waals surface area contributed by atoms with E-state index in [1.54, 1.807) is 11.3 Å². The molecular formula is C13H16N2S. The second-order valence-electron chi connectivity index (χ2n) is 3.81. The highest BCUT2D eigenvalue weighted by Gasteiger charge is 2.06. The zero-order chi connectivity index (χ0) is 11.4. The highest BCUT2D eigenvalue weighted by atomic mass is 32.1. The van der Waals surface area contributed by atoms with E-state index >= 15 is 0 Å². The summed E-state index contributed by atoms with van der Waals surface area (Å²) >= 11 is 1.81. The standard InChI is InChI=1S/C13H16N2S/c1-10-12(9-14-2)16-13(15-10)8-11-6-4-3-5-7-11/h3-7,14H,8-9H2,1-2H3. The monoisotopic (exact) mass is 232 g/mol. The predicted molar refractivity (Wildman–Crippen MR) is 68.9 cm³/mol. The Morgan fingerprint density at radius 1 is 1.25 bits per heavy atom. The Morgan fingerprint density at radius 3 is 2.69 bits per heavy atom. The molecule has 1 N–H and O–H groups in total. The average Bonchev–Trinajstić information content (AvgIpc) is 2.61. The van der Waals surface area contributed by atoms with E-state index in [4.69, 9.17) is 0 Å². The van der Waals surface area contributed by atoms with E-state index in [-0.39, 0.29) is 0 Å². The maximum atomic E-state index is 4.60. The summed E-state index contributed by atoms with van der Waals surface area (Å²) in [7, 11) is 1.97. The van der Waals surface area contributed by atoms with E-state index < -0.39 is 0 Å². The number of thiazole rings is 1. The van der Waals surface area contributed by atoms with Crippen LogP contribution >= 0.6 is 11.3 Å². The Kier molecular flexibility index (Phi) is 3.70. The highest BCUT2D eigenvalue weighted by Crippen LogP contribution is 2.20. The van der Waals surface area contributed by atoms with Crippen LogP contribution < -0.4 is 5.32 Å². The fraction of sp³-hybridized carbons (Fsp3) is 0.308. The van der Waals surface area contributed by atoms with Crippen LogP contribution in [0, 0.1) is 6.92 Å². The van der Waals surface area contributed by atoms with Crippen molar-refractivity contribution in [2.24, 2.45) is 0 Å². The summed E-state index contributed by atoms with van der Waals surface area (Å²) in [5, 5.41) is 4.38. The molecule has 1 aromatic carbocycles. The molecule has 0 atom stereocenters. The minimum Gasteiger partial charge on any atom is -0.315 e. The summed E-state index contributed by atoms with van der Waals surface area (Å²) in [5.41, 5.74) is 2.48. The van der Waals surface area contributed by atoms with E-state index in [9.17, 15) is 0 Å². The van der Waals surface area contributed by atoms with Crippen LogP contribution in [-0.4, -0.2) is 12.0 Å². The molecule has 0 aliphatic carbocycles. The van der Waals surface area contributed by atoms with Crippen molar-refractivity contribution in [3.05, 3.63) is 51.5 Å². The summed E-state index contributed by atoms with van der Waals surface area (Å²) < 4.78 is 0. The largest absolute Gasteiger partial charge is 0.315 e. The van der Waals surface area contributed by atoms with Gasteiger partial charge in [0.1, 0.15) is 0 Å². The minimum atomic E-state index is 0.915. The maximum Gasteiger partial charge on any atom is 0.0975 e. The summed E-state index contributed by atoms with van der Waals surface area (Å²) in [6.07, 6.45) is 0.941. The SMILES string of the molecule is CNCc1sc(Cc2ccccc2)nc1C. The first-order valence-corrected chi connectivity index (χ1v) is 6.25. The van der Waals surface area contributed by atoms with Gasteiger partial charge in [-0.25, -0.2) is 4.98 Å². The number of hydrogen-bond donors (Lipinski definition) is 1. The zero-order valence-corrected chi connectivity index (χ0v) is 10.5. The third-order valence-electron chi connectivity index (χ3n) is 2.47. The lowest BCUT2D eigenvalue weighted by molar-refractivity contribution is 0.822. The molecule has 0 fully saturated rings. The first-order valence-electron chi connectivity index (χ1n) is 5.43. The molecular weight excluding hydrogens is 216 g/mol. The van der Waals surface area contributed by atoms with E-state index in [1.165, 1.54) is 15.4 Å². The summed E-state index contributed by atoms with van der Waals surface area (Å²) in [6.45, 7) is 3.00. The molecule has 0 saturated carbocycles. The van der Waals surface area contributed by atoms with Crippen molar-refractivity contribution in [3.63, 3.8) is 0 Å². The molecule has 2 rings (SSSR count). The fourth-order valence-electron chi connectivity index (χ4n) is 1.66. The van der Waals surface area contributed by atoms with Crippen molar-refractivity contribution in [1.29, 1.82) is 0 Å². The number of aromatic nitrogens is 1. The van der Waals surface area contributed by atoms with Gasteiger partial charge in [0.15, 0.2) is 0 Å². The molecule has 0 radical (unpaired) electrons. The Labute approximate surface area is 100 Å². The molecule has 0 saturated heterocycles. The third kappa shape index (κ3) is 2.68. The van der Waals surface area contributed by atoms with Gasteiger partial charge in [-0.1, -0.05) is 30.3 Å². The lowest BCUT2D eigenvalue weighted by atomic mass is 10.2. The normalized spacial score (nSPS) is 10.6. The Balaban J connectivity index is 2.13. The van der Waals surface area contributed by atoms with Crippen LogP contribution in [0.25, 0.3) is 0 Å². The smallest absolute Gasteiger partial charge is 0.0975 e. The number of nitrogens with one attached hydrogen (secondary N) is 1. The number of aryl methyl sites for hydroxylation is 1. The molecule has 3 heteroatoms. The molecule has 2 nitrogen and oxygen atoms in total. The van der Waals surface area contributed by atoms with Gasteiger partial charge < -0.3 is 5.32 Å². The van der Waals surface area contributed by atoms with Gasteiger partial charge in [0.05, 0.1) is 10.7 Å². The quantitative estimate of drug-likeness (QED) is 0.876. The van der Waals surface area contributed by atoms with E-state index in [2.05, 4.69) is 41.5 Å². The summed E-state index contributed by atoms with van der Waals surface area (Å²) in [6, 6.07) is 10.5. The number of benzene rings is 1. The molecule has 2 aromatic rings. The van der Waals surface area contributed by atoms with E-state index in [1.807, 2.05) is 13.1 Å². The van der Waals surface area contributed by atoms with Crippen molar-refractivity contribution in [3.8, 4) is 0 Å². The topological polar surface area (TPSA) is 24.9 Å². The van der Waals surface area contributed by atoms with Crippen LogP contribution in [0.1, 0.15) is 21.1 Å². The first-order chi connectivity index (χ1) is 7.79. The van der Waals surface area contributed by atoms with Gasteiger partial charge in [0.2, 0.25) is 0 Å². The summed E-state index contributed by atoms with van der Waals surface area (Å²) in [5.74, 6) is 0. The van der Waals surface area contributed by atoms with Crippen LogP contribution in [0.15, 0.2) is 30.3 Å². The number of rotatable bonds is 4. The number of hydrogen-bond acceptors (Lipinski definition) is 3. The second-order valence-corrected chi connectivity index (χ2v) is 4.98. The van der Waals surface area contributed by atoms with Gasteiger partial charge in [-0.3, -0.25) is 0 Å². The van der Waals surface area contributed by atoms with Crippen LogP contribution in [0.5, 0.6) is 0 Å². The van der Waals surface area contributed by atoms with E-state index in [0.29, 0.717) is 0 Å². The first kappa shape index (κ1) is 11.3. The van der Waals surface area contributed by atoms with Gasteiger partial charge in [-0.05, 0) is 19.5 Å². The molecule has 0 aliphatic heterocycles. The number of nitrogens with zero attached hydrogens (tertiary/aromatic N) is 1. The Bertz CT molecular complexity index is 448. The predicted octanol–water partition coefficient (Wildman–Crippen LogP) is 2.76. The van der Waals surface area contributed by atoms with Crippen LogP contribution in [-0.2, 0) is 13.0 Å². The van der Waals surface area contributed by atoms with Crippen LogP contribution in [0.3, 0.4) is 0 Å². The fourth-order valence-corrected chi connectivity index (χ4v) is 2.77. The lowest BCUT2D eigenvalue weighted by Crippen LogP contribution is -2.04. The van der Waals surface area contributed by atoms with Gasteiger partial charge in [0.25, 0.3) is 0 Å². The molecule has 0 unspecified atom stereocenters. The van der Waals surface area contributed by atoms with Crippen molar-refractivity contribution in [1.82, 2.24) is 10.3 Å². The Morgan fingerprint density at radius 2 is 2.00 bits per heavy atom. The third-order valence-corrected chi connectivity index (χ3v) is 3.63. The molecule has 0 aliphatic rings. The minimum absolute atomic E-state index is 0.915. The molecule has 0 bridgehead atoms. The zero-order valence-electron chi connectivity index (χ0n) is 9.66. The molecule has 0 spiro atoms. The maximum absolute atomic E-state index is 4.60. The van der Waals surface area contributed by atoms with Crippen LogP contribution in [0.2, 0.25) is 0 Å². The van der Waals surface area contributed by atoms with Crippen molar-refractivity contribution in [2.45, 2.75) is 19.9 Å². The van der Waals surface area contributed by atoms with Gasteiger partial charge in [-0.2, -0.15) is 0 Å². The van der Waals surface area contributed by atoms with Gasteiger partial charge in [0, 0.05) is 17.8 Å².